The van der Waals surface area contributed by atoms with Crippen LogP contribution < -0.4 is 5.32 Å². The maximum absolute atomic E-state index is 12.7. The topological polar surface area (TPSA) is 69.6 Å². The van der Waals surface area contributed by atoms with Crippen LogP contribution in [0.2, 0.25) is 0 Å². The highest BCUT2D eigenvalue weighted by Gasteiger charge is 2.29. The standard InChI is InChI=1S/C21H30N2O3/c24-19(15-23-13-11-18(12-14-23)21(25)26)22-20(16-7-3-1-4-8-16)17-9-5-2-6-10-17/h1,3-4,7-8,17-18,20H,2,5-6,9-15H2,(H,22,24)(H,25,26). The summed E-state index contributed by atoms with van der Waals surface area (Å²) >= 11 is 0. The molecule has 1 aliphatic carbocycles. The average molecular weight is 358 g/mol. The fourth-order valence-corrected chi connectivity index (χ4v) is 4.36. The van der Waals surface area contributed by atoms with E-state index in [1.807, 2.05) is 18.2 Å². The lowest BCUT2D eigenvalue weighted by molar-refractivity contribution is -0.143. The minimum Gasteiger partial charge on any atom is -0.481 e. The van der Waals surface area contributed by atoms with Crippen LogP contribution >= 0.6 is 0 Å². The molecule has 1 atom stereocenters. The summed E-state index contributed by atoms with van der Waals surface area (Å²) in [6.45, 7) is 1.73. The maximum Gasteiger partial charge on any atom is 0.306 e. The molecule has 0 aromatic heterocycles. The minimum atomic E-state index is -0.712. The highest BCUT2D eigenvalue weighted by molar-refractivity contribution is 5.78. The molecular weight excluding hydrogens is 328 g/mol. The molecule has 1 unspecified atom stereocenters. The zero-order chi connectivity index (χ0) is 18.4. The second kappa shape index (κ2) is 9.17. The first-order valence-electron chi connectivity index (χ1n) is 9.93. The molecule has 2 aliphatic rings. The summed E-state index contributed by atoms with van der Waals surface area (Å²) < 4.78 is 0. The van der Waals surface area contributed by atoms with Gasteiger partial charge in [-0.25, -0.2) is 0 Å². The van der Waals surface area contributed by atoms with Crippen molar-refractivity contribution in [1.82, 2.24) is 10.2 Å². The number of hydrogen-bond acceptors (Lipinski definition) is 3. The van der Waals surface area contributed by atoms with Gasteiger partial charge in [0.2, 0.25) is 5.91 Å². The van der Waals surface area contributed by atoms with E-state index >= 15 is 0 Å². The smallest absolute Gasteiger partial charge is 0.306 e. The molecule has 142 valence electrons. The number of aliphatic carboxylic acids is 1. The number of carbonyl (C=O) groups excluding carboxylic acids is 1. The van der Waals surface area contributed by atoms with Crippen LogP contribution in [0.4, 0.5) is 0 Å². The third-order valence-electron chi connectivity index (χ3n) is 5.90. The molecule has 1 heterocycles. The summed E-state index contributed by atoms with van der Waals surface area (Å²) in [6.07, 6.45) is 7.39. The van der Waals surface area contributed by atoms with Gasteiger partial charge in [0.05, 0.1) is 18.5 Å². The van der Waals surface area contributed by atoms with Gasteiger partial charge in [0, 0.05) is 0 Å². The monoisotopic (exact) mass is 358 g/mol. The molecule has 5 nitrogen and oxygen atoms in total. The molecule has 0 radical (unpaired) electrons. The number of piperidine rings is 1. The van der Waals surface area contributed by atoms with Crippen LogP contribution in [0.1, 0.15) is 56.6 Å². The third kappa shape index (κ3) is 5.07. The molecule has 1 saturated heterocycles. The molecule has 0 spiro atoms. The van der Waals surface area contributed by atoms with Gasteiger partial charge in [0.25, 0.3) is 0 Å². The van der Waals surface area contributed by atoms with Crippen molar-refractivity contribution >= 4 is 11.9 Å². The number of carboxylic acid groups (broad SMARTS) is 1. The summed E-state index contributed by atoms with van der Waals surface area (Å²) in [5.41, 5.74) is 1.19. The molecule has 3 rings (SSSR count). The van der Waals surface area contributed by atoms with E-state index in [-0.39, 0.29) is 17.9 Å². The number of hydrogen-bond donors (Lipinski definition) is 2. The number of rotatable bonds is 6. The Morgan fingerprint density at radius 1 is 1.04 bits per heavy atom. The average Bonchev–Trinajstić information content (AvgIpc) is 2.68. The molecule has 1 aliphatic heterocycles. The maximum atomic E-state index is 12.7. The van der Waals surface area contributed by atoms with Crippen LogP contribution in [0.3, 0.4) is 0 Å². The molecule has 26 heavy (non-hydrogen) atoms. The van der Waals surface area contributed by atoms with Gasteiger partial charge in [0.1, 0.15) is 0 Å². The Bertz CT molecular complexity index is 591. The molecule has 1 amide bonds. The number of carboxylic acids is 1. The number of likely N-dealkylation sites (tertiary alicyclic amines) is 1. The predicted molar refractivity (Wildman–Crippen MR) is 101 cm³/mol. The van der Waals surface area contributed by atoms with Crippen LogP contribution in [0, 0.1) is 11.8 Å². The Balaban J connectivity index is 1.58. The summed E-state index contributed by atoms with van der Waals surface area (Å²) in [5, 5.41) is 12.4. The van der Waals surface area contributed by atoms with Crippen molar-refractivity contribution in [3.05, 3.63) is 35.9 Å². The van der Waals surface area contributed by atoms with E-state index in [1.54, 1.807) is 0 Å². The van der Waals surface area contributed by atoms with E-state index in [0.29, 0.717) is 38.4 Å². The first kappa shape index (κ1) is 18.9. The quantitative estimate of drug-likeness (QED) is 0.819. The van der Waals surface area contributed by atoms with Crippen molar-refractivity contribution in [3.63, 3.8) is 0 Å². The highest BCUT2D eigenvalue weighted by Crippen LogP contribution is 2.34. The number of nitrogens with zero attached hydrogens (tertiary/aromatic N) is 1. The molecular formula is C21H30N2O3. The van der Waals surface area contributed by atoms with Gasteiger partial charge in [-0.3, -0.25) is 14.5 Å². The van der Waals surface area contributed by atoms with Gasteiger partial charge in [-0.05, 0) is 50.3 Å². The van der Waals surface area contributed by atoms with Gasteiger partial charge >= 0.3 is 5.97 Å². The highest BCUT2D eigenvalue weighted by atomic mass is 16.4. The van der Waals surface area contributed by atoms with Crippen molar-refractivity contribution in [2.75, 3.05) is 19.6 Å². The summed E-state index contributed by atoms with van der Waals surface area (Å²) in [4.78, 5) is 25.8. The normalized spacial score (nSPS) is 21.2. The van der Waals surface area contributed by atoms with E-state index in [4.69, 9.17) is 5.11 Å². The molecule has 1 saturated carbocycles. The first-order valence-corrected chi connectivity index (χ1v) is 9.93. The Hall–Kier alpha value is -1.88. The second-order valence-corrected chi connectivity index (χ2v) is 7.74. The zero-order valence-corrected chi connectivity index (χ0v) is 15.4. The molecule has 2 N–H and O–H groups in total. The van der Waals surface area contributed by atoms with Crippen LogP contribution in [-0.4, -0.2) is 41.5 Å². The molecule has 1 aromatic rings. The van der Waals surface area contributed by atoms with Gasteiger partial charge in [-0.1, -0.05) is 49.6 Å². The lowest BCUT2D eigenvalue weighted by Crippen LogP contribution is -2.44. The number of nitrogens with one attached hydrogen (secondary N) is 1. The van der Waals surface area contributed by atoms with E-state index in [2.05, 4.69) is 22.3 Å². The summed E-state index contributed by atoms with van der Waals surface area (Å²) in [6, 6.07) is 10.4. The fraction of sp³-hybridized carbons (Fsp3) is 0.619. The number of amides is 1. The van der Waals surface area contributed by atoms with E-state index in [1.165, 1.54) is 37.7 Å². The SMILES string of the molecule is O=C(CN1CCC(C(=O)O)CC1)NC(c1ccccc1)C1CCCCC1. The molecule has 2 fully saturated rings. The summed E-state index contributed by atoms with van der Waals surface area (Å²) in [7, 11) is 0. The molecule has 5 heteroatoms. The lowest BCUT2D eigenvalue weighted by Gasteiger charge is -2.33. The van der Waals surface area contributed by atoms with Gasteiger partial charge in [-0.2, -0.15) is 0 Å². The van der Waals surface area contributed by atoms with Gasteiger partial charge in [0.15, 0.2) is 0 Å². The second-order valence-electron chi connectivity index (χ2n) is 7.74. The number of benzene rings is 1. The third-order valence-corrected chi connectivity index (χ3v) is 5.90. The summed E-state index contributed by atoms with van der Waals surface area (Å²) in [5.74, 6) is -0.407. The van der Waals surface area contributed by atoms with E-state index in [0.717, 1.165) is 0 Å². The van der Waals surface area contributed by atoms with Crippen molar-refractivity contribution in [1.29, 1.82) is 0 Å². The van der Waals surface area contributed by atoms with Crippen LogP contribution in [0.5, 0.6) is 0 Å². The Kier molecular flexibility index (Phi) is 6.67. The largest absolute Gasteiger partial charge is 0.481 e. The van der Waals surface area contributed by atoms with E-state index < -0.39 is 5.97 Å². The number of carbonyl (C=O) groups is 2. The van der Waals surface area contributed by atoms with Gasteiger partial charge < -0.3 is 10.4 Å². The van der Waals surface area contributed by atoms with Crippen molar-refractivity contribution in [2.24, 2.45) is 11.8 Å². The lowest BCUT2D eigenvalue weighted by atomic mass is 9.81. The van der Waals surface area contributed by atoms with Crippen LogP contribution in [0.25, 0.3) is 0 Å². The van der Waals surface area contributed by atoms with Crippen molar-refractivity contribution in [2.45, 2.75) is 51.0 Å². The zero-order valence-electron chi connectivity index (χ0n) is 15.4. The van der Waals surface area contributed by atoms with Crippen LogP contribution in [0.15, 0.2) is 30.3 Å². The fourth-order valence-electron chi connectivity index (χ4n) is 4.36. The van der Waals surface area contributed by atoms with Crippen LogP contribution in [-0.2, 0) is 9.59 Å². The first-order chi connectivity index (χ1) is 12.6. The molecule has 0 bridgehead atoms. The minimum absolute atomic E-state index is 0.0539. The van der Waals surface area contributed by atoms with E-state index in [9.17, 15) is 9.59 Å². The Labute approximate surface area is 155 Å². The molecule has 1 aromatic carbocycles. The Morgan fingerprint density at radius 3 is 2.31 bits per heavy atom. The van der Waals surface area contributed by atoms with Gasteiger partial charge in [-0.15, -0.1) is 0 Å². The van der Waals surface area contributed by atoms with Crippen molar-refractivity contribution < 1.29 is 14.7 Å². The predicted octanol–water partition coefficient (Wildman–Crippen LogP) is 3.22. The van der Waals surface area contributed by atoms with Crippen molar-refractivity contribution in [3.8, 4) is 0 Å². The Morgan fingerprint density at radius 2 is 1.69 bits per heavy atom.